The molecule has 5 heteroatoms. The van der Waals surface area contributed by atoms with Crippen LogP contribution >= 0.6 is 0 Å². The first kappa shape index (κ1) is 8.68. The minimum absolute atomic E-state index is 0.742. The van der Waals surface area contributed by atoms with E-state index in [1.165, 1.54) is 0 Å². The van der Waals surface area contributed by atoms with Crippen LogP contribution in [0.25, 0.3) is 11.4 Å². The zero-order valence-corrected chi connectivity index (χ0v) is 8.10. The lowest BCUT2D eigenvalue weighted by Crippen LogP contribution is -1.98. The molecule has 72 valence electrons. The van der Waals surface area contributed by atoms with E-state index >= 15 is 0 Å². The van der Waals surface area contributed by atoms with E-state index in [4.69, 9.17) is 0 Å². The number of nitrogens with zero attached hydrogens (tertiary/aromatic N) is 4. The van der Waals surface area contributed by atoms with Crippen molar-refractivity contribution >= 4 is 5.82 Å². The molecule has 0 spiro atoms. The van der Waals surface area contributed by atoms with Crippen molar-refractivity contribution in [1.82, 2.24) is 19.7 Å². The highest BCUT2D eigenvalue weighted by Crippen LogP contribution is 2.20. The molecule has 5 nitrogen and oxygen atoms in total. The molecule has 0 aromatic carbocycles. The maximum Gasteiger partial charge on any atom is 0.154 e. The Morgan fingerprint density at radius 2 is 2.07 bits per heavy atom. The lowest BCUT2D eigenvalue weighted by molar-refractivity contribution is 0.770. The minimum Gasteiger partial charge on any atom is -0.371 e. The van der Waals surface area contributed by atoms with Crippen molar-refractivity contribution in [2.24, 2.45) is 7.05 Å². The van der Waals surface area contributed by atoms with Gasteiger partial charge in [0, 0.05) is 32.7 Å². The highest BCUT2D eigenvalue weighted by Gasteiger charge is 2.08. The fourth-order valence-corrected chi connectivity index (χ4v) is 1.25. The Labute approximate surface area is 81.8 Å². The molecule has 2 heterocycles. The molecule has 14 heavy (non-hydrogen) atoms. The van der Waals surface area contributed by atoms with Crippen molar-refractivity contribution in [3.8, 4) is 11.4 Å². The molecule has 0 atom stereocenters. The first-order valence-corrected chi connectivity index (χ1v) is 4.30. The Kier molecular flexibility index (Phi) is 2.14. The van der Waals surface area contributed by atoms with Crippen LogP contribution in [0, 0.1) is 0 Å². The predicted octanol–water partition coefficient (Wildman–Crippen LogP) is 0.919. The van der Waals surface area contributed by atoms with Crippen LogP contribution in [0.3, 0.4) is 0 Å². The van der Waals surface area contributed by atoms with Gasteiger partial charge < -0.3 is 5.32 Å². The predicted molar refractivity (Wildman–Crippen MR) is 53.8 cm³/mol. The molecule has 0 aliphatic rings. The number of rotatable bonds is 2. The lowest BCUT2D eigenvalue weighted by Gasteiger charge is -2.02. The van der Waals surface area contributed by atoms with Crippen LogP contribution in [-0.4, -0.2) is 26.8 Å². The SMILES string of the molecule is CNc1nccnc1-c1ccn(C)n1. The zero-order valence-electron chi connectivity index (χ0n) is 8.10. The summed E-state index contributed by atoms with van der Waals surface area (Å²) in [7, 11) is 3.69. The second kappa shape index (κ2) is 3.45. The first-order valence-electron chi connectivity index (χ1n) is 4.30. The Balaban J connectivity index is 2.50. The summed E-state index contributed by atoms with van der Waals surface area (Å²) in [5.74, 6) is 0.742. The van der Waals surface area contributed by atoms with Crippen molar-refractivity contribution in [1.29, 1.82) is 0 Å². The number of anilines is 1. The van der Waals surface area contributed by atoms with E-state index in [1.807, 2.05) is 26.4 Å². The summed E-state index contributed by atoms with van der Waals surface area (Å²) < 4.78 is 1.74. The number of hydrogen-bond acceptors (Lipinski definition) is 4. The summed E-state index contributed by atoms with van der Waals surface area (Å²) in [6, 6.07) is 1.91. The number of aryl methyl sites for hydroxylation is 1. The fourth-order valence-electron chi connectivity index (χ4n) is 1.25. The van der Waals surface area contributed by atoms with Gasteiger partial charge in [-0.3, -0.25) is 4.68 Å². The zero-order chi connectivity index (χ0) is 9.97. The fraction of sp³-hybridized carbons (Fsp3) is 0.222. The molecule has 0 unspecified atom stereocenters. The van der Waals surface area contributed by atoms with Crippen LogP contribution in [0.4, 0.5) is 5.82 Å². The summed E-state index contributed by atoms with van der Waals surface area (Å²) in [6.45, 7) is 0. The minimum atomic E-state index is 0.742. The van der Waals surface area contributed by atoms with Gasteiger partial charge in [-0.25, -0.2) is 9.97 Å². The van der Waals surface area contributed by atoms with E-state index in [0.29, 0.717) is 0 Å². The molecule has 0 radical (unpaired) electrons. The van der Waals surface area contributed by atoms with Crippen molar-refractivity contribution in [2.45, 2.75) is 0 Å². The van der Waals surface area contributed by atoms with E-state index in [0.717, 1.165) is 17.2 Å². The van der Waals surface area contributed by atoms with Gasteiger partial charge in [0.2, 0.25) is 0 Å². The highest BCUT2D eigenvalue weighted by atomic mass is 15.3. The summed E-state index contributed by atoms with van der Waals surface area (Å²) in [5.41, 5.74) is 1.60. The molecule has 0 saturated carbocycles. The molecule has 2 aromatic rings. The van der Waals surface area contributed by atoms with Gasteiger partial charge in [-0.2, -0.15) is 5.10 Å². The molecule has 0 aliphatic heterocycles. The van der Waals surface area contributed by atoms with Crippen molar-refractivity contribution in [3.63, 3.8) is 0 Å². The molecule has 0 amide bonds. The van der Waals surface area contributed by atoms with Gasteiger partial charge >= 0.3 is 0 Å². The molecule has 0 saturated heterocycles. The van der Waals surface area contributed by atoms with Crippen LogP contribution in [0.1, 0.15) is 0 Å². The van der Waals surface area contributed by atoms with Gasteiger partial charge in [-0.05, 0) is 6.07 Å². The summed E-state index contributed by atoms with van der Waals surface area (Å²) >= 11 is 0. The monoisotopic (exact) mass is 189 g/mol. The topological polar surface area (TPSA) is 55.6 Å². The van der Waals surface area contributed by atoms with Gasteiger partial charge in [-0.1, -0.05) is 0 Å². The second-order valence-corrected chi connectivity index (χ2v) is 2.88. The van der Waals surface area contributed by atoms with Gasteiger partial charge in [0.05, 0.1) is 0 Å². The van der Waals surface area contributed by atoms with Gasteiger partial charge in [0.25, 0.3) is 0 Å². The van der Waals surface area contributed by atoms with E-state index in [2.05, 4.69) is 20.4 Å². The molecule has 1 N–H and O–H groups in total. The van der Waals surface area contributed by atoms with Gasteiger partial charge in [0.1, 0.15) is 11.4 Å². The number of aromatic nitrogens is 4. The standard InChI is InChI=1S/C9H11N5/c1-10-9-8(11-4-5-12-9)7-3-6-14(2)13-7/h3-6H,1-2H3,(H,10,12). The number of nitrogens with one attached hydrogen (secondary N) is 1. The third kappa shape index (κ3) is 1.44. The maximum atomic E-state index is 4.26. The van der Waals surface area contributed by atoms with E-state index in [9.17, 15) is 0 Å². The molecular weight excluding hydrogens is 178 g/mol. The highest BCUT2D eigenvalue weighted by molar-refractivity contribution is 5.67. The second-order valence-electron chi connectivity index (χ2n) is 2.88. The van der Waals surface area contributed by atoms with Crippen molar-refractivity contribution in [2.75, 3.05) is 12.4 Å². The van der Waals surface area contributed by atoms with Crippen LogP contribution in [0.15, 0.2) is 24.7 Å². The summed E-state index contributed by atoms with van der Waals surface area (Å²) in [5, 5.41) is 7.24. The van der Waals surface area contributed by atoms with Crippen LogP contribution in [0.2, 0.25) is 0 Å². The summed E-state index contributed by atoms with van der Waals surface area (Å²) in [6.07, 6.45) is 5.19. The molecule has 0 fully saturated rings. The van der Waals surface area contributed by atoms with Crippen molar-refractivity contribution in [3.05, 3.63) is 24.7 Å². The Hall–Kier alpha value is -1.91. The third-order valence-corrected chi connectivity index (χ3v) is 1.89. The largest absolute Gasteiger partial charge is 0.371 e. The molecule has 0 bridgehead atoms. The average molecular weight is 189 g/mol. The lowest BCUT2D eigenvalue weighted by atomic mass is 10.3. The maximum absolute atomic E-state index is 4.26. The van der Waals surface area contributed by atoms with Crippen molar-refractivity contribution < 1.29 is 0 Å². The average Bonchev–Trinajstić information content (AvgIpc) is 2.65. The number of hydrogen-bond donors (Lipinski definition) is 1. The quantitative estimate of drug-likeness (QED) is 0.763. The molecular formula is C9H11N5. The van der Waals surface area contributed by atoms with E-state index < -0.39 is 0 Å². The molecule has 2 aromatic heterocycles. The van der Waals surface area contributed by atoms with Crippen LogP contribution in [-0.2, 0) is 7.05 Å². The molecule has 2 rings (SSSR count). The van der Waals surface area contributed by atoms with Gasteiger partial charge in [-0.15, -0.1) is 0 Å². The van der Waals surface area contributed by atoms with E-state index in [-0.39, 0.29) is 0 Å². The third-order valence-electron chi connectivity index (χ3n) is 1.89. The Morgan fingerprint density at radius 3 is 2.71 bits per heavy atom. The Morgan fingerprint density at radius 1 is 1.29 bits per heavy atom. The smallest absolute Gasteiger partial charge is 0.154 e. The normalized spacial score (nSPS) is 10.1. The van der Waals surface area contributed by atoms with E-state index in [1.54, 1.807) is 17.1 Å². The van der Waals surface area contributed by atoms with Crippen LogP contribution < -0.4 is 5.32 Å². The Bertz CT molecular complexity index is 434. The summed E-state index contributed by atoms with van der Waals surface area (Å²) in [4.78, 5) is 8.39. The first-order chi connectivity index (χ1) is 6.81. The van der Waals surface area contributed by atoms with Gasteiger partial charge in [0.15, 0.2) is 5.82 Å². The molecule has 0 aliphatic carbocycles. The van der Waals surface area contributed by atoms with Crippen LogP contribution in [0.5, 0.6) is 0 Å².